The van der Waals surface area contributed by atoms with Gasteiger partial charge in [0.25, 0.3) is 6.71 Å². The van der Waals surface area contributed by atoms with Crippen LogP contribution in [-0.4, -0.2) is 21.4 Å². The van der Waals surface area contributed by atoms with Crippen LogP contribution in [0.5, 0.6) is 28.7 Å². The summed E-state index contributed by atoms with van der Waals surface area (Å²) in [6.07, 6.45) is 0. The second kappa shape index (κ2) is 10.1. The van der Waals surface area contributed by atoms with Crippen LogP contribution in [0, 0.1) is 0 Å². The summed E-state index contributed by atoms with van der Waals surface area (Å²) in [6.45, 7) is 6.65. The first kappa shape index (κ1) is 27.6. The van der Waals surface area contributed by atoms with Gasteiger partial charge < -0.3 is 14.6 Å². The summed E-state index contributed by atoms with van der Waals surface area (Å²) < 4.78 is 15.7. The van der Waals surface area contributed by atoms with Crippen molar-refractivity contribution in [3.05, 3.63) is 133 Å². The molecule has 1 N–H and O–H groups in total. The Bertz CT molecular complexity index is 2360. The van der Waals surface area contributed by atoms with E-state index in [-0.39, 0.29) is 17.9 Å². The van der Waals surface area contributed by atoms with E-state index in [1.54, 1.807) is 12.1 Å². The first-order valence-corrected chi connectivity index (χ1v) is 16.0. The van der Waals surface area contributed by atoms with Gasteiger partial charge >= 0.3 is 0 Å². The standard InChI is InChI=1S/C41H31BN2O3/c1-41(2,3)27-20-21-33(29(23-27)25-12-5-4-6-13-25)44-38-32(43-40(44)26-14-11-15-28(45)22-26)24-36-37-39(38)47-35-19-10-8-17-31(35)42(37)30-16-7-9-18-34(30)46-36/h4-24,45H,1-3H3. The molecule has 47 heavy (non-hydrogen) atoms. The molecule has 0 radical (unpaired) electrons. The molecule has 5 nitrogen and oxygen atoms in total. The van der Waals surface area contributed by atoms with Crippen LogP contribution in [0.4, 0.5) is 0 Å². The topological polar surface area (TPSA) is 56.5 Å². The molecular formula is C41H31BN2O3. The number of hydrogen-bond donors (Lipinski definition) is 1. The Morgan fingerprint density at radius 3 is 2.06 bits per heavy atom. The van der Waals surface area contributed by atoms with Crippen LogP contribution in [0.1, 0.15) is 26.3 Å². The first-order valence-electron chi connectivity index (χ1n) is 16.0. The van der Waals surface area contributed by atoms with Crippen molar-refractivity contribution in [2.75, 3.05) is 0 Å². The van der Waals surface area contributed by atoms with Crippen LogP contribution in [0.15, 0.2) is 127 Å². The normalized spacial score (nSPS) is 13.0. The third-order valence-corrected chi connectivity index (χ3v) is 9.37. The van der Waals surface area contributed by atoms with Crippen molar-refractivity contribution >= 4 is 34.1 Å². The van der Waals surface area contributed by atoms with Gasteiger partial charge in [-0.3, -0.25) is 4.57 Å². The minimum absolute atomic E-state index is 0.0526. The zero-order valence-corrected chi connectivity index (χ0v) is 26.4. The van der Waals surface area contributed by atoms with E-state index in [0.29, 0.717) is 5.82 Å². The Hall–Kier alpha value is -5.75. The van der Waals surface area contributed by atoms with E-state index >= 15 is 0 Å². The van der Waals surface area contributed by atoms with Crippen LogP contribution >= 0.6 is 0 Å². The lowest BCUT2D eigenvalue weighted by Gasteiger charge is -2.33. The molecule has 3 heterocycles. The number of ether oxygens (including phenoxy) is 2. The van der Waals surface area contributed by atoms with E-state index < -0.39 is 0 Å². The number of rotatable bonds is 3. The highest BCUT2D eigenvalue weighted by Gasteiger charge is 2.42. The predicted octanol–water partition coefficient (Wildman–Crippen LogP) is 8.09. The van der Waals surface area contributed by atoms with E-state index in [1.807, 2.05) is 48.5 Å². The van der Waals surface area contributed by atoms with Crippen molar-refractivity contribution in [3.63, 3.8) is 0 Å². The lowest BCUT2D eigenvalue weighted by Crippen LogP contribution is -2.57. The van der Waals surface area contributed by atoms with E-state index in [2.05, 4.69) is 92.1 Å². The molecule has 1 aromatic heterocycles. The molecule has 6 heteroatoms. The van der Waals surface area contributed by atoms with Gasteiger partial charge in [-0.1, -0.05) is 106 Å². The molecule has 2 aliphatic heterocycles. The molecule has 0 unspecified atom stereocenters. The molecule has 6 aromatic carbocycles. The molecule has 0 fully saturated rings. The summed E-state index contributed by atoms with van der Waals surface area (Å²) >= 11 is 0. The fourth-order valence-electron chi connectivity index (χ4n) is 7.11. The van der Waals surface area contributed by atoms with Gasteiger partial charge in [0.1, 0.15) is 34.3 Å². The number of phenolic OH excluding ortho intramolecular Hbond substituents is 1. The highest BCUT2D eigenvalue weighted by molar-refractivity contribution is 6.98. The van der Waals surface area contributed by atoms with Crippen LogP contribution in [0.2, 0.25) is 0 Å². The Morgan fingerprint density at radius 2 is 1.34 bits per heavy atom. The molecule has 2 aliphatic rings. The third-order valence-electron chi connectivity index (χ3n) is 9.37. The molecule has 226 valence electrons. The quantitative estimate of drug-likeness (QED) is 0.206. The highest BCUT2D eigenvalue weighted by atomic mass is 16.5. The molecule has 0 aliphatic carbocycles. The van der Waals surface area contributed by atoms with Crippen LogP contribution in [-0.2, 0) is 5.41 Å². The largest absolute Gasteiger partial charge is 0.508 e. The molecule has 0 spiro atoms. The molecular weight excluding hydrogens is 579 g/mol. The van der Waals surface area contributed by atoms with Crippen molar-refractivity contribution < 1.29 is 14.6 Å². The fourth-order valence-corrected chi connectivity index (χ4v) is 7.11. The third kappa shape index (κ3) is 4.28. The van der Waals surface area contributed by atoms with Crippen LogP contribution < -0.4 is 25.9 Å². The molecule has 0 bridgehead atoms. The summed E-state index contributed by atoms with van der Waals surface area (Å²) in [5.74, 6) is 4.00. The molecule has 9 rings (SSSR count). The molecule has 0 saturated carbocycles. The van der Waals surface area contributed by atoms with E-state index in [1.165, 1.54) is 5.56 Å². The smallest absolute Gasteiger partial charge is 0.260 e. The maximum atomic E-state index is 10.6. The lowest BCUT2D eigenvalue weighted by molar-refractivity contribution is 0.467. The Morgan fingerprint density at radius 1 is 0.660 bits per heavy atom. The van der Waals surface area contributed by atoms with Crippen LogP contribution in [0.3, 0.4) is 0 Å². The maximum absolute atomic E-state index is 10.6. The number of hydrogen-bond acceptors (Lipinski definition) is 4. The molecule has 0 atom stereocenters. The summed E-state index contributed by atoms with van der Waals surface area (Å²) in [6, 6.07) is 43.0. The number of aromatic hydroxyl groups is 1. The Kier molecular flexibility index (Phi) is 5.94. The summed E-state index contributed by atoms with van der Waals surface area (Å²) in [5.41, 5.74) is 9.93. The minimum Gasteiger partial charge on any atom is -0.508 e. The second-order valence-electron chi connectivity index (χ2n) is 13.4. The maximum Gasteiger partial charge on any atom is 0.260 e. The van der Waals surface area contributed by atoms with Gasteiger partial charge in [0.2, 0.25) is 0 Å². The van der Waals surface area contributed by atoms with Crippen molar-refractivity contribution in [3.8, 4) is 56.9 Å². The predicted molar refractivity (Wildman–Crippen MR) is 190 cm³/mol. The number of benzene rings is 6. The lowest BCUT2D eigenvalue weighted by atomic mass is 9.35. The van der Waals surface area contributed by atoms with Crippen molar-refractivity contribution in [2.45, 2.75) is 26.2 Å². The summed E-state index contributed by atoms with van der Waals surface area (Å²) in [7, 11) is 0. The van der Waals surface area contributed by atoms with Crippen molar-refractivity contribution in [1.82, 2.24) is 9.55 Å². The average Bonchev–Trinajstić information content (AvgIpc) is 3.47. The Balaban J connectivity index is 1.42. The van der Waals surface area contributed by atoms with E-state index in [0.717, 1.165) is 72.8 Å². The van der Waals surface area contributed by atoms with Crippen molar-refractivity contribution in [1.29, 1.82) is 0 Å². The van der Waals surface area contributed by atoms with Gasteiger partial charge in [-0.2, -0.15) is 0 Å². The zero-order chi connectivity index (χ0) is 31.9. The van der Waals surface area contributed by atoms with Gasteiger partial charge in [0.05, 0.1) is 11.2 Å². The van der Waals surface area contributed by atoms with Gasteiger partial charge in [-0.15, -0.1) is 0 Å². The fraction of sp³-hybridized carbons (Fsp3) is 0.0976. The van der Waals surface area contributed by atoms with E-state index in [9.17, 15) is 5.11 Å². The Labute approximate surface area is 273 Å². The monoisotopic (exact) mass is 610 g/mol. The SMILES string of the molecule is CC(C)(C)c1ccc(-n2c(-c3cccc(O)c3)nc3cc4c5c(c32)Oc2ccccc2B5c2ccccc2O4)c(-c2ccccc2)c1. The minimum atomic E-state index is -0.0660. The average molecular weight is 611 g/mol. The molecule has 0 saturated heterocycles. The van der Waals surface area contributed by atoms with Crippen molar-refractivity contribution in [2.24, 2.45) is 0 Å². The van der Waals surface area contributed by atoms with E-state index in [4.69, 9.17) is 14.5 Å². The number of phenols is 1. The van der Waals surface area contributed by atoms with Gasteiger partial charge in [0, 0.05) is 22.7 Å². The second-order valence-corrected chi connectivity index (χ2v) is 13.4. The van der Waals surface area contributed by atoms with Gasteiger partial charge in [-0.05, 0) is 63.9 Å². The molecule has 7 aromatic rings. The number of nitrogens with zero attached hydrogens (tertiary/aromatic N) is 2. The van der Waals surface area contributed by atoms with Gasteiger partial charge in [0.15, 0.2) is 5.75 Å². The van der Waals surface area contributed by atoms with Gasteiger partial charge in [-0.25, -0.2) is 4.98 Å². The first-order chi connectivity index (χ1) is 22.8. The summed E-state index contributed by atoms with van der Waals surface area (Å²) in [4.78, 5) is 5.28. The highest BCUT2D eigenvalue weighted by Crippen LogP contribution is 2.44. The number of imidazole rings is 1. The summed E-state index contributed by atoms with van der Waals surface area (Å²) in [5, 5.41) is 10.6. The number of para-hydroxylation sites is 2. The number of fused-ring (bicyclic) bond motifs is 6. The zero-order valence-electron chi connectivity index (χ0n) is 26.4. The van der Waals surface area contributed by atoms with Crippen LogP contribution in [0.25, 0.3) is 39.2 Å². The number of aromatic nitrogens is 2. The molecule has 0 amide bonds.